The van der Waals surface area contributed by atoms with Gasteiger partial charge in [-0.25, -0.2) is 9.48 Å². The van der Waals surface area contributed by atoms with E-state index in [0.717, 1.165) is 12.1 Å². The van der Waals surface area contributed by atoms with Gasteiger partial charge in [-0.2, -0.15) is 18.3 Å². The van der Waals surface area contributed by atoms with E-state index in [1.807, 2.05) is 6.07 Å². The van der Waals surface area contributed by atoms with E-state index in [1.165, 1.54) is 16.8 Å². The van der Waals surface area contributed by atoms with Gasteiger partial charge in [-0.05, 0) is 37.3 Å². The lowest BCUT2D eigenvalue weighted by atomic mass is 10.2. The molecule has 0 aliphatic heterocycles. The third-order valence-corrected chi connectivity index (χ3v) is 4.07. The molecule has 5 nitrogen and oxygen atoms in total. The number of benzene rings is 2. The second-order valence-electron chi connectivity index (χ2n) is 5.70. The molecule has 3 aromatic rings. The number of aromatic nitrogens is 2. The van der Waals surface area contributed by atoms with Gasteiger partial charge in [-0.15, -0.1) is 0 Å². The van der Waals surface area contributed by atoms with E-state index < -0.39 is 17.7 Å². The van der Waals surface area contributed by atoms with E-state index in [0.29, 0.717) is 11.5 Å². The van der Waals surface area contributed by atoms with Crippen LogP contribution in [0.4, 0.5) is 24.7 Å². The van der Waals surface area contributed by atoms with Crippen LogP contribution in [0.15, 0.2) is 54.6 Å². The highest BCUT2D eigenvalue weighted by Crippen LogP contribution is 2.35. The maximum atomic E-state index is 12.8. The number of halogens is 4. The van der Waals surface area contributed by atoms with E-state index in [4.69, 9.17) is 16.3 Å². The highest BCUT2D eigenvalue weighted by molar-refractivity contribution is 6.33. The fourth-order valence-electron chi connectivity index (χ4n) is 2.47. The van der Waals surface area contributed by atoms with Crippen molar-refractivity contribution in [1.82, 2.24) is 9.78 Å². The van der Waals surface area contributed by atoms with E-state index in [-0.39, 0.29) is 23.0 Å². The minimum Gasteiger partial charge on any atom is -0.461 e. The average molecular weight is 410 g/mol. The Labute approximate surface area is 163 Å². The number of nitrogens with zero attached hydrogens (tertiary/aromatic N) is 2. The zero-order valence-electron chi connectivity index (χ0n) is 14.6. The van der Waals surface area contributed by atoms with Crippen LogP contribution < -0.4 is 5.32 Å². The van der Waals surface area contributed by atoms with Crippen LogP contribution >= 0.6 is 11.6 Å². The van der Waals surface area contributed by atoms with Crippen LogP contribution in [0, 0.1) is 0 Å². The molecule has 146 valence electrons. The van der Waals surface area contributed by atoms with Crippen LogP contribution in [-0.2, 0) is 10.9 Å². The van der Waals surface area contributed by atoms with Crippen molar-refractivity contribution in [2.75, 3.05) is 11.9 Å². The number of esters is 1. The molecule has 0 aliphatic rings. The number of alkyl halides is 3. The Hall–Kier alpha value is -3.00. The van der Waals surface area contributed by atoms with E-state index in [1.54, 1.807) is 31.2 Å². The molecular formula is C19H15ClF3N3O2. The Balaban J connectivity index is 2.00. The molecule has 2 aromatic carbocycles. The molecule has 0 aliphatic carbocycles. The Morgan fingerprint density at radius 1 is 1.18 bits per heavy atom. The van der Waals surface area contributed by atoms with Gasteiger partial charge in [0, 0.05) is 6.07 Å². The van der Waals surface area contributed by atoms with Crippen LogP contribution in [0.25, 0.3) is 5.69 Å². The summed E-state index contributed by atoms with van der Waals surface area (Å²) in [5, 5.41) is 7.05. The first-order valence-electron chi connectivity index (χ1n) is 8.26. The predicted octanol–water partition coefficient (Wildman–Crippen LogP) is 5.46. The van der Waals surface area contributed by atoms with E-state index in [9.17, 15) is 18.0 Å². The summed E-state index contributed by atoms with van der Waals surface area (Å²) in [6, 6.07) is 13.3. The van der Waals surface area contributed by atoms with Gasteiger partial charge in [0.2, 0.25) is 0 Å². The molecule has 1 N–H and O–H groups in total. The fraction of sp³-hybridized carbons (Fsp3) is 0.158. The Bertz CT molecular complexity index is 988. The monoisotopic (exact) mass is 409 g/mol. The number of ether oxygens (including phenoxy) is 1. The van der Waals surface area contributed by atoms with Crippen molar-refractivity contribution in [1.29, 1.82) is 0 Å². The third-order valence-electron chi connectivity index (χ3n) is 3.75. The van der Waals surface area contributed by atoms with Crippen LogP contribution in [0.2, 0.25) is 5.02 Å². The van der Waals surface area contributed by atoms with Gasteiger partial charge in [0.1, 0.15) is 5.82 Å². The molecule has 28 heavy (non-hydrogen) atoms. The minimum atomic E-state index is -4.49. The van der Waals surface area contributed by atoms with E-state index in [2.05, 4.69) is 10.4 Å². The fourth-order valence-corrected chi connectivity index (χ4v) is 2.70. The van der Waals surface area contributed by atoms with Crippen LogP contribution in [0.1, 0.15) is 23.0 Å². The molecule has 9 heteroatoms. The summed E-state index contributed by atoms with van der Waals surface area (Å²) in [7, 11) is 0. The number of carbonyl (C=O) groups excluding carboxylic acids is 1. The van der Waals surface area contributed by atoms with Gasteiger partial charge in [0.25, 0.3) is 0 Å². The van der Waals surface area contributed by atoms with Crippen LogP contribution in [-0.4, -0.2) is 22.4 Å². The molecule has 1 aromatic heterocycles. The number of rotatable bonds is 5. The van der Waals surface area contributed by atoms with Crippen LogP contribution in [0.3, 0.4) is 0 Å². The number of anilines is 2. The summed E-state index contributed by atoms with van der Waals surface area (Å²) >= 11 is 6.02. The SMILES string of the molecule is CCOC(=O)c1cc(Nc2ccc(C(F)(F)F)cc2Cl)n(-c2ccccc2)n1. The van der Waals surface area contributed by atoms with Crippen molar-refractivity contribution in [2.24, 2.45) is 0 Å². The first-order chi connectivity index (χ1) is 13.3. The number of carbonyl (C=O) groups is 1. The Morgan fingerprint density at radius 2 is 1.89 bits per heavy atom. The van der Waals surface area contributed by atoms with Gasteiger partial charge < -0.3 is 10.1 Å². The third kappa shape index (κ3) is 4.28. The van der Waals surface area contributed by atoms with Crippen molar-refractivity contribution < 1.29 is 22.7 Å². The first-order valence-corrected chi connectivity index (χ1v) is 8.63. The summed E-state index contributed by atoms with van der Waals surface area (Å²) in [5.74, 6) is -0.269. The number of hydrogen-bond acceptors (Lipinski definition) is 4. The number of para-hydroxylation sites is 1. The summed E-state index contributed by atoms with van der Waals surface area (Å²) in [5.41, 5.74) is 0.0776. The molecule has 0 saturated heterocycles. The Morgan fingerprint density at radius 3 is 2.50 bits per heavy atom. The lowest BCUT2D eigenvalue weighted by Gasteiger charge is -2.13. The molecule has 0 amide bonds. The zero-order chi connectivity index (χ0) is 20.3. The van der Waals surface area contributed by atoms with Gasteiger partial charge >= 0.3 is 12.1 Å². The van der Waals surface area contributed by atoms with Crippen molar-refractivity contribution in [2.45, 2.75) is 13.1 Å². The number of hydrogen-bond donors (Lipinski definition) is 1. The second kappa shape index (κ2) is 7.93. The molecule has 0 spiro atoms. The lowest BCUT2D eigenvalue weighted by molar-refractivity contribution is -0.137. The van der Waals surface area contributed by atoms with Crippen LogP contribution in [0.5, 0.6) is 0 Å². The maximum absolute atomic E-state index is 12.8. The minimum absolute atomic E-state index is 0.0521. The summed E-state index contributed by atoms with van der Waals surface area (Å²) in [6.45, 7) is 1.86. The molecule has 0 radical (unpaired) electrons. The van der Waals surface area contributed by atoms with Crippen molar-refractivity contribution in [3.63, 3.8) is 0 Å². The molecule has 0 saturated carbocycles. The lowest BCUT2D eigenvalue weighted by Crippen LogP contribution is -2.07. The Kier molecular flexibility index (Phi) is 5.60. The molecule has 1 heterocycles. The molecule has 0 atom stereocenters. The molecular weight excluding hydrogens is 395 g/mol. The number of nitrogens with one attached hydrogen (secondary N) is 1. The maximum Gasteiger partial charge on any atom is 0.416 e. The van der Waals surface area contributed by atoms with Crippen molar-refractivity contribution >= 4 is 29.1 Å². The largest absolute Gasteiger partial charge is 0.461 e. The standard InChI is InChI=1S/C19H15ClF3N3O2/c1-2-28-18(27)16-11-17(26(25-16)13-6-4-3-5-7-13)24-15-9-8-12(10-14(15)20)19(21,22)23/h3-11,24H,2H2,1H3. The first kappa shape index (κ1) is 19.8. The van der Waals surface area contributed by atoms with Gasteiger partial charge in [-0.3, -0.25) is 0 Å². The molecule has 3 rings (SSSR count). The van der Waals surface area contributed by atoms with Gasteiger partial charge in [-0.1, -0.05) is 29.8 Å². The highest BCUT2D eigenvalue weighted by Gasteiger charge is 2.31. The highest BCUT2D eigenvalue weighted by atomic mass is 35.5. The topological polar surface area (TPSA) is 56.1 Å². The zero-order valence-corrected chi connectivity index (χ0v) is 15.4. The molecule has 0 bridgehead atoms. The summed E-state index contributed by atoms with van der Waals surface area (Å²) in [4.78, 5) is 12.0. The predicted molar refractivity (Wildman–Crippen MR) is 99.3 cm³/mol. The summed E-state index contributed by atoms with van der Waals surface area (Å²) < 4.78 is 44.9. The average Bonchev–Trinajstić information content (AvgIpc) is 3.07. The van der Waals surface area contributed by atoms with Gasteiger partial charge in [0.05, 0.1) is 28.6 Å². The smallest absolute Gasteiger partial charge is 0.416 e. The van der Waals surface area contributed by atoms with E-state index >= 15 is 0 Å². The van der Waals surface area contributed by atoms with Crippen molar-refractivity contribution in [3.05, 3.63) is 70.9 Å². The van der Waals surface area contributed by atoms with Crippen molar-refractivity contribution in [3.8, 4) is 5.69 Å². The second-order valence-corrected chi connectivity index (χ2v) is 6.11. The van der Waals surface area contributed by atoms with Gasteiger partial charge in [0.15, 0.2) is 5.69 Å². The molecule has 0 unspecified atom stereocenters. The normalized spacial score (nSPS) is 11.3. The quantitative estimate of drug-likeness (QED) is 0.568. The molecule has 0 fully saturated rings. The summed E-state index contributed by atoms with van der Waals surface area (Å²) in [6.07, 6.45) is -4.49.